The van der Waals surface area contributed by atoms with Crippen molar-refractivity contribution in [1.29, 1.82) is 5.41 Å². The third kappa shape index (κ3) is 2.59. The number of rotatable bonds is 3. The van der Waals surface area contributed by atoms with Crippen molar-refractivity contribution in [3.05, 3.63) is 58.6 Å². The minimum Gasteiger partial charge on any atom is -0.509 e. The summed E-state index contributed by atoms with van der Waals surface area (Å²) in [7, 11) is 1.60. The maximum Gasteiger partial charge on any atom is 0.145 e. The Balaban J connectivity index is 1.73. The first-order chi connectivity index (χ1) is 12.5. The quantitative estimate of drug-likeness (QED) is 0.643. The van der Waals surface area contributed by atoms with Gasteiger partial charge in [0.05, 0.1) is 30.3 Å². The van der Waals surface area contributed by atoms with Crippen LogP contribution in [0.5, 0.6) is 5.75 Å². The summed E-state index contributed by atoms with van der Waals surface area (Å²) in [6.45, 7) is 2.15. The molecule has 4 rings (SSSR count). The molecule has 0 spiro atoms. The van der Waals surface area contributed by atoms with Crippen molar-refractivity contribution in [2.24, 2.45) is 0 Å². The molecule has 0 radical (unpaired) electrons. The molecular weight excluding hydrogens is 352 g/mol. The van der Waals surface area contributed by atoms with Crippen LogP contribution >= 0.6 is 11.6 Å². The zero-order valence-electron chi connectivity index (χ0n) is 14.3. The highest BCUT2D eigenvalue weighted by molar-refractivity contribution is 6.32. The fourth-order valence-corrected chi connectivity index (χ4v) is 3.42. The number of H-pyrrole nitrogens is 1. The number of aryl methyl sites for hydroxylation is 1. The van der Waals surface area contributed by atoms with E-state index in [2.05, 4.69) is 9.97 Å². The van der Waals surface area contributed by atoms with Gasteiger partial charge in [-0.3, -0.25) is 5.41 Å². The first kappa shape index (κ1) is 16.5. The fraction of sp³-hybridized carbons (Fsp3) is 0.158. The fourth-order valence-electron chi connectivity index (χ4n) is 3.19. The maximum atomic E-state index is 10.5. The second kappa shape index (κ2) is 6.07. The highest BCUT2D eigenvalue weighted by Crippen LogP contribution is 2.33. The predicted molar refractivity (Wildman–Crippen MR) is 103 cm³/mol. The van der Waals surface area contributed by atoms with Crippen LogP contribution in [0.2, 0.25) is 5.02 Å². The van der Waals surface area contributed by atoms with Crippen LogP contribution in [0.3, 0.4) is 0 Å². The van der Waals surface area contributed by atoms with Gasteiger partial charge in [-0.15, -0.1) is 0 Å². The van der Waals surface area contributed by atoms with E-state index in [-0.39, 0.29) is 18.1 Å². The van der Waals surface area contributed by atoms with Crippen LogP contribution in [0.15, 0.2) is 42.2 Å². The Morgan fingerprint density at radius 2 is 2.08 bits per heavy atom. The molecule has 26 heavy (non-hydrogen) atoms. The van der Waals surface area contributed by atoms with Crippen molar-refractivity contribution >= 4 is 39.7 Å². The number of nitrogens with zero attached hydrogens (tertiary/aromatic N) is 2. The monoisotopic (exact) mass is 368 g/mol. The largest absolute Gasteiger partial charge is 0.509 e. The minimum absolute atomic E-state index is 0.107. The first-order valence-corrected chi connectivity index (χ1v) is 8.44. The molecule has 3 N–H and O–H groups in total. The van der Waals surface area contributed by atoms with E-state index < -0.39 is 0 Å². The van der Waals surface area contributed by atoms with E-state index in [1.807, 2.05) is 37.3 Å². The molecule has 7 heteroatoms. The van der Waals surface area contributed by atoms with Crippen LogP contribution in [0.25, 0.3) is 16.6 Å². The smallest absolute Gasteiger partial charge is 0.145 e. The van der Waals surface area contributed by atoms with Gasteiger partial charge < -0.3 is 19.7 Å². The van der Waals surface area contributed by atoms with Crippen molar-refractivity contribution < 1.29 is 9.84 Å². The number of halogens is 1. The number of aromatic nitrogens is 2. The highest BCUT2D eigenvalue weighted by atomic mass is 35.5. The van der Waals surface area contributed by atoms with E-state index in [4.69, 9.17) is 21.7 Å². The van der Waals surface area contributed by atoms with Gasteiger partial charge in [0.1, 0.15) is 23.2 Å². The molecule has 0 unspecified atom stereocenters. The van der Waals surface area contributed by atoms with Gasteiger partial charge in [-0.25, -0.2) is 4.98 Å². The Hall–Kier alpha value is -2.99. The van der Waals surface area contributed by atoms with Gasteiger partial charge in [0.15, 0.2) is 0 Å². The molecule has 2 aromatic carbocycles. The Labute approximate surface area is 155 Å². The number of nitrogens with one attached hydrogen (secondary N) is 2. The molecule has 0 fully saturated rings. The normalized spacial score (nSPS) is 14.6. The lowest BCUT2D eigenvalue weighted by atomic mass is 10.1. The van der Waals surface area contributed by atoms with E-state index in [0.29, 0.717) is 22.2 Å². The van der Waals surface area contributed by atoms with Crippen LogP contribution in [-0.2, 0) is 0 Å². The lowest BCUT2D eigenvalue weighted by Crippen LogP contribution is -2.26. The molecule has 1 aromatic heterocycles. The number of aliphatic hydroxyl groups excluding tert-OH is 1. The Bertz CT molecular complexity index is 1070. The van der Waals surface area contributed by atoms with E-state index in [9.17, 15) is 5.11 Å². The average Bonchev–Trinajstić information content (AvgIpc) is 3.14. The second-order valence-corrected chi connectivity index (χ2v) is 6.59. The number of imidazole rings is 1. The molecule has 1 aliphatic rings. The third-order valence-electron chi connectivity index (χ3n) is 4.48. The highest BCUT2D eigenvalue weighted by Gasteiger charge is 2.32. The van der Waals surface area contributed by atoms with Crippen molar-refractivity contribution in [2.75, 3.05) is 18.6 Å². The van der Waals surface area contributed by atoms with Gasteiger partial charge >= 0.3 is 0 Å². The zero-order chi connectivity index (χ0) is 18.4. The van der Waals surface area contributed by atoms with Crippen LogP contribution in [-0.4, -0.2) is 34.6 Å². The summed E-state index contributed by atoms with van der Waals surface area (Å²) in [5, 5.41) is 19.7. The molecular formula is C19H17ClN4O2. The summed E-state index contributed by atoms with van der Waals surface area (Å²) in [4.78, 5) is 9.43. The number of methoxy groups -OCH3 is 1. The Morgan fingerprint density at radius 3 is 2.81 bits per heavy atom. The van der Waals surface area contributed by atoms with Crippen molar-refractivity contribution in [3.63, 3.8) is 0 Å². The third-order valence-corrected chi connectivity index (χ3v) is 4.71. The molecule has 1 aliphatic heterocycles. The van der Waals surface area contributed by atoms with Crippen molar-refractivity contribution in [2.45, 2.75) is 6.92 Å². The standard InChI is InChI=1S/C19H17ClN4O2/c1-10-7-11(20)3-6-15(10)24-9-16(25)17(18(24)21)19-22-13-5-4-12(26-2)8-14(13)23-19/h3-8,21,25H,9H2,1-2H3,(H,22,23). The molecule has 0 amide bonds. The molecule has 0 aliphatic carbocycles. The summed E-state index contributed by atoms with van der Waals surface area (Å²) < 4.78 is 5.23. The van der Waals surface area contributed by atoms with Gasteiger partial charge in [-0.2, -0.15) is 0 Å². The minimum atomic E-state index is 0.107. The van der Waals surface area contributed by atoms with Crippen LogP contribution in [0.1, 0.15) is 11.4 Å². The summed E-state index contributed by atoms with van der Waals surface area (Å²) in [5.74, 6) is 1.48. The number of hydrogen-bond donors (Lipinski definition) is 3. The number of anilines is 1. The number of aliphatic hydroxyl groups is 1. The lowest BCUT2D eigenvalue weighted by Gasteiger charge is -2.21. The first-order valence-electron chi connectivity index (χ1n) is 8.07. The van der Waals surface area contributed by atoms with Crippen molar-refractivity contribution in [1.82, 2.24) is 9.97 Å². The topological polar surface area (TPSA) is 85.2 Å². The lowest BCUT2D eigenvalue weighted by molar-refractivity contribution is 0.411. The Morgan fingerprint density at radius 1 is 1.27 bits per heavy atom. The second-order valence-electron chi connectivity index (χ2n) is 6.16. The van der Waals surface area contributed by atoms with E-state index in [1.165, 1.54) is 0 Å². The maximum absolute atomic E-state index is 10.5. The number of amidine groups is 1. The van der Waals surface area contributed by atoms with Gasteiger partial charge in [0.25, 0.3) is 0 Å². The summed E-state index contributed by atoms with van der Waals surface area (Å²) in [6, 6.07) is 11.0. The van der Waals surface area contributed by atoms with Crippen LogP contribution < -0.4 is 9.64 Å². The molecule has 6 nitrogen and oxygen atoms in total. The molecule has 2 heterocycles. The molecule has 132 valence electrons. The predicted octanol–water partition coefficient (Wildman–Crippen LogP) is 4.30. The summed E-state index contributed by atoms with van der Waals surface area (Å²) in [5.41, 5.74) is 3.70. The molecule has 0 saturated carbocycles. The number of benzene rings is 2. The average molecular weight is 369 g/mol. The van der Waals surface area contributed by atoms with E-state index >= 15 is 0 Å². The zero-order valence-corrected chi connectivity index (χ0v) is 15.1. The van der Waals surface area contributed by atoms with E-state index in [1.54, 1.807) is 18.1 Å². The molecule has 0 saturated heterocycles. The Kier molecular flexibility index (Phi) is 3.85. The van der Waals surface area contributed by atoms with Crippen molar-refractivity contribution in [3.8, 4) is 5.75 Å². The molecule has 0 atom stereocenters. The van der Waals surface area contributed by atoms with Gasteiger partial charge in [-0.1, -0.05) is 11.6 Å². The number of hydrogen-bond acceptors (Lipinski definition) is 4. The number of ether oxygens (including phenoxy) is 1. The summed E-state index contributed by atoms with van der Waals surface area (Å²) >= 11 is 6.03. The number of fused-ring (bicyclic) bond motifs is 1. The number of aromatic amines is 1. The van der Waals surface area contributed by atoms with Gasteiger partial charge in [0, 0.05) is 16.8 Å². The SMILES string of the molecule is COc1ccc2nc(C3=C(O)CN(c4ccc(Cl)cc4C)C3=N)[nH]c2c1. The van der Waals surface area contributed by atoms with Gasteiger partial charge in [-0.05, 0) is 42.8 Å². The van der Waals surface area contributed by atoms with Crippen LogP contribution in [0.4, 0.5) is 5.69 Å². The van der Waals surface area contributed by atoms with Gasteiger partial charge in [0.2, 0.25) is 0 Å². The van der Waals surface area contributed by atoms with Crippen LogP contribution in [0, 0.1) is 12.3 Å². The summed E-state index contributed by atoms with van der Waals surface area (Å²) in [6.07, 6.45) is 0. The molecule has 3 aromatic rings. The van der Waals surface area contributed by atoms with E-state index in [0.717, 1.165) is 22.3 Å². The molecule has 0 bridgehead atoms.